The predicted molar refractivity (Wildman–Crippen MR) is 266 cm³/mol. The first-order valence-corrected chi connectivity index (χ1v) is 22.4. The minimum absolute atomic E-state index is 1.11. The molecule has 0 fully saturated rings. The van der Waals surface area contributed by atoms with Gasteiger partial charge in [-0.1, -0.05) is 170 Å². The van der Waals surface area contributed by atoms with E-state index in [9.17, 15) is 0 Å². The monoisotopic (exact) mass is 811 g/mol. The molecule has 61 heavy (non-hydrogen) atoms. The minimum Gasteiger partial charge on any atom is -0.308 e. The van der Waals surface area contributed by atoms with Crippen molar-refractivity contribution in [3.05, 3.63) is 224 Å². The number of benzene rings is 10. The fourth-order valence-electron chi connectivity index (χ4n) is 8.99. The lowest BCUT2D eigenvalue weighted by atomic mass is 9.97. The van der Waals surface area contributed by atoms with Gasteiger partial charge in [-0.15, -0.1) is 22.7 Å². The molecule has 0 spiro atoms. The van der Waals surface area contributed by atoms with Gasteiger partial charge in [0.2, 0.25) is 0 Å². The zero-order valence-corrected chi connectivity index (χ0v) is 34.8. The Balaban J connectivity index is 0.983. The molecule has 0 amide bonds. The molecule has 0 aliphatic heterocycles. The number of hydrogen-bond acceptors (Lipinski definition) is 3. The van der Waals surface area contributed by atoms with Crippen LogP contribution >= 0.6 is 22.7 Å². The van der Waals surface area contributed by atoms with Crippen LogP contribution in [0.1, 0.15) is 0 Å². The molecule has 2 heterocycles. The van der Waals surface area contributed by atoms with Gasteiger partial charge in [0, 0.05) is 52.6 Å². The summed E-state index contributed by atoms with van der Waals surface area (Å²) in [4.78, 5) is 2.48. The lowest BCUT2D eigenvalue weighted by Gasteiger charge is -2.29. The van der Waals surface area contributed by atoms with Gasteiger partial charge in [-0.05, 0) is 104 Å². The van der Waals surface area contributed by atoms with Crippen LogP contribution in [0.15, 0.2) is 224 Å². The average Bonchev–Trinajstić information content (AvgIpc) is 3.91. The van der Waals surface area contributed by atoms with E-state index in [2.05, 4.69) is 229 Å². The molecule has 0 bridgehead atoms. The third-order valence-electron chi connectivity index (χ3n) is 12.1. The van der Waals surface area contributed by atoms with E-state index in [0.717, 1.165) is 11.4 Å². The number of anilines is 3. The van der Waals surface area contributed by atoms with Crippen LogP contribution in [0.3, 0.4) is 0 Å². The fraction of sp³-hybridized carbons (Fsp3) is 0. The predicted octanol–water partition coefficient (Wildman–Crippen LogP) is 17.7. The molecule has 286 valence electrons. The van der Waals surface area contributed by atoms with Gasteiger partial charge in [-0.2, -0.15) is 0 Å². The third kappa shape index (κ3) is 6.29. The fourth-order valence-corrected chi connectivity index (χ4v) is 11.3. The van der Waals surface area contributed by atoms with E-state index >= 15 is 0 Å². The molecule has 2 aromatic heterocycles. The summed E-state index contributed by atoms with van der Waals surface area (Å²) in [5.74, 6) is 0. The summed E-state index contributed by atoms with van der Waals surface area (Å²) in [6.07, 6.45) is 0. The first-order chi connectivity index (χ1) is 30.2. The standard InChI is InChI=1S/C58H37NS2/c1-2-11-43(12-3-1)49-33-34-52-50-14-6-9-17-55(50)61-58(52)57(49)59(48-31-26-42(27-32-48)46-28-35-56-53(37-46)51-15-7-8-16-54(51)60-56)47-29-24-40(25-30-47)39-18-20-41(21-19-39)45-23-22-38-10-4-5-13-44(38)36-45/h1-37H. The Morgan fingerprint density at radius 2 is 0.770 bits per heavy atom. The first kappa shape index (κ1) is 35.6. The summed E-state index contributed by atoms with van der Waals surface area (Å²) in [6.45, 7) is 0. The van der Waals surface area contributed by atoms with Gasteiger partial charge >= 0.3 is 0 Å². The summed E-state index contributed by atoms with van der Waals surface area (Å²) < 4.78 is 5.21. The highest BCUT2D eigenvalue weighted by Gasteiger charge is 2.23. The lowest BCUT2D eigenvalue weighted by molar-refractivity contribution is 1.30. The van der Waals surface area contributed by atoms with Crippen molar-refractivity contribution in [2.75, 3.05) is 4.90 Å². The van der Waals surface area contributed by atoms with E-state index in [4.69, 9.17) is 0 Å². The van der Waals surface area contributed by atoms with Crippen LogP contribution in [-0.2, 0) is 0 Å². The molecule has 0 saturated carbocycles. The Bertz CT molecular complexity index is 3560. The van der Waals surface area contributed by atoms with Gasteiger partial charge in [0.15, 0.2) is 0 Å². The number of rotatable bonds is 7. The normalized spacial score (nSPS) is 11.6. The molecule has 0 aliphatic rings. The van der Waals surface area contributed by atoms with Crippen molar-refractivity contribution >= 4 is 90.9 Å². The van der Waals surface area contributed by atoms with Gasteiger partial charge in [0.25, 0.3) is 0 Å². The molecular weight excluding hydrogens is 775 g/mol. The number of thiophene rings is 2. The topological polar surface area (TPSA) is 3.24 Å². The van der Waals surface area contributed by atoms with Crippen molar-refractivity contribution in [2.24, 2.45) is 0 Å². The Morgan fingerprint density at radius 1 is 0.279 bits per heavy atom. The van der Waals surface area contributed by atoms with Crippen LogP contribution in [0.5, 0.6) is 0 Å². The molecule has 0 N–H and O–H groups in total. The van der Waals surface area contributed by atoms with Crippen molar-refractivity contribution in [2.45, 2.75) is 0 Å². The van der Waals surface area contributed by atoms with Crippen LogP contribution in [0.4, 0.5) is 17.1 Å². The quantitative estimate of drug-likeness (QED) is 0.155. The van der Waals surface area contributed by atoms with E-state index in [0.29, 0.717) is 0 Å². The van der Waals surface area contributed by atoms with Gasteiger partial charge < -0.3 is 4.90 Å². The van der Waals surface area contributed by atoms with Crippen LogP contribution < -0.4 is 4.90 Å². The van der Waals surface area contributed by atoms with E-state index in [-0.39, 0.29) is 0 Å². The third-order valence-corrected chi connectivity index (χ3v) is 14.4. The summed E-state index contributed by atoms with van der Waals surface area (Å²) >= 11 is 3.74. The SMILES string of the molecule is c1ccc(-c2ccc3c(sc4ccccc43)c2N(c2ccc(-c3ccc(-c4ccc5ccccc5c4)cc3)cc2)c2ccc(-c3ccc4sc5ccccc5c4c3)cc2)cc1. The van der Waals surface area contributed by atoms with Gasteiger partial charge in [-0.3, -0.25) is 0 Å². The van der Waals surface area contributed by atoms with Crippen LogP contribution in [-0.4, -0.2) is 0 Å². The molecule has 1 nitrogen and oxygen atoms in total. The Kier molecular flexibility index (Phi) is 8.62. The number of nitrogens with zero attached hydrogens (tertiary/aromatic N) is 1. The Hall–Kier alpha value is -7.30. The average molecular weight is 812 g/mol. The highest BCUT2D eigenvalue weighted by atomic mass is 32.1. The van der Waals surface area contributed by atoms with Crippen molar-refractivity contribution < 1.29 is 0 Å². The molecule has 10 aromatic carbocycles. The van der Waals surface area contributed by atoms with Crippen molar-refractivity contribution in [1.29, 1.82) is 0 Å². The Morgan fingerprint density at radius 3 is 1.46 bits per heavy atom. The second-order valence-corrected chi connectivity index (χ2v) is 17.8. The molecule has 0 atom stereocenters. The van der Waals surface area contributed by atoms with E-state index in [1.165, 1.54) is 101 Å². The van der Waals surface area contributed by atoms with Crippen LogP contribution in [0.25, 0.3) is 95.6 Å². The molecule has 0 radical (unpaired) electrons. The highest BCUT2D eigenvalue weighted by Crippen LogP contribution is 2.50. The first-order valence-electron chi connectivity index (χ1n) is 20.7. The number of fused-ring (bicyclic) bond motifs is 7. The molecule has 0 saturated heterocycles. The highest BCUT2D eigenvalue weighted by molar-refractivity contribution is 7.26. The molecule has 12 rings (SSSR count). The zero-order valence-electron chi connectivity index (χ0n) is 33.1. The maximum atomic E-state index is 2.48. The summed E-state index contributed by atoms with van der Waals surface area (Å²) in [7, 11) is 0. The lowest BCUT2D eigenvalue weighted by Crippen LogP contribution is -2.11. The summed E-state index contributed by atoms with van der Waals surface area (Å²) in [5, 5.41) is 7.72. The van der Waals surface area contributed by atoms with Crippen LogP contribution in [0.2, 0.25) is 0 Å². The van der Waals surface area contributed by atoms with Gasteiger partial charge in [0.05, 0.1) is 10.4 Å². The molecule has 12 aromatic rings. The molecule has 0 aliphatic carbocycles. The molecule has 0 unspecified atom stereocenters. The van der Waals surface area contributed by atoms with E-state index < -0.39 is 0 Å². The zero-order chi connectivity index (χ0) is 40.3. The van der Waals surface area contributed by atoms with E-state index in [1.54, 1.807) is 0 Å². The van der Waals surface area contributed by atoms with E-state index in [1.807, 2.05) is 22.7 Å². The maximum Gasteiger partial charge on any atom is 0.0718 e. The summed E-state index contributed by atoms with van der Waals surface area (Å²) in [6, 6.07) is 82.5. The second kappa shape index (κ2) is 14.8. The van der Waals surface area contributed by atoms with Gasteiger partial charge in [-0.25, -0.2) is 0 Å². The smallest absolute Gasteiger partial charge is 0.0718 e. The summed E-state index contributed by atoms with van der Waals surface area (Å²) in [5.41, 5.74) is 13.1. The van der Waals surface area contributed by atoms with Gasteiger partial charge in [0.1, 0.15) is 0 Å². The number of hydrogen-bond donors (Lipinski definition) is 0. The molecule has 3 heteroatoms. The minimum atomic E-state index is 1.11. The van der Waals surface area contributed by atoms with Crippen molar-refractivity contribution in [3.8, 4) is 44.5 Å². The van der Waals surface area contributed by atoms with Crippen molar-refractivity contribution in [1.82, 2.24) is 0 Å². The Labute approximate surface area is 362 Å². The van der Waals surface area contributed by atoms with Crippen LogP contribution in [0, 0.1) is 0 Å². The maximum absolute atomic E-state index is 2.48. The molecular formula is C58H37NS2. The second-order valence-electron chi connectivity index (χ2n) is 15.7. The van der Waals surface area contributed by atoms with Crippen molar-refractivity contribution in [3.63, 3.8) is 0 Å². The largest absolute Gasteiger partial charge is 0.308 e.